The summed E-state index contributed by atoms with van der Waals surface area (Å²) in [5, 5.41) is 3.45. The summed E-state index contributed by atoms with van der Waals surface area (Å²) in [6.45, 7) is 1.40. The van der Waals surface area contributed by atoms with Gasteiger partial charge in [-0.15, -0.1) is 6.42 Å². The number of piperidine rings is 1. The first-order valence-corrected chi connectivity index (χ1v) is 9.86. The zero-order chi connectivity index (χ0) is 21.5. The lowest BCUT2D eigenvalue weighted by Crippen LogP contribution is -2.41. The van der Waals surface area contributed by atoms with Crippen LogP contribution in [0, 0.1) is 12.3 Å². The standard InChI is InChI=1S/C22H22ClN3O4/c1-3-16-14-24-19(21(27)25-13-15-4-6-17(23)7-5-15)12-20(16)30-18-8-10-26(11-9-18)22(28)29-2/h1,4-7,12,14,18H,8-11,13H2,2H3,(H,25,27). The van der Waals surface area contributed by atoms with Crippen molar-refractivity contribution < 1.29 is 19.1 Å². The van der Waals surface area contributed by atoms with E-state index in [1.54, 1.807) is 23.1 Å². The van der Waals surface area contributed by atoms with Gasteiger partial charge in [0.2, 0.25) is 0 Å². The van der Waals surface area contributed by atoms with Gasteiger partial charge in [-0.05, 0) is 17.7 Å². The lowest BCUT2D eigenvalue weighted by atomic mass is 10.1. The molecule has 0 saturated carbocycles. The second-order valence-corrected chi connectivity index (χ2v) is 7.23. The van der Waals surface area contributed by atoms with Crippen molar-refractivity contribution in [1.82, 2.24) is 15.2 Å². The molecule has 1 N–H and O–H groups in total. The molecule has 2 heterocycles. The number of carbonyl (C=O) groups excluding carboxylic acids is 2. The number of pyridine rings is 1. The number of benzene rings is 1. The maximum Gasteiger partial charge on any atom is 0.409 e. The van der Waals surface area contributed by atoms with Gasteiger partial charge in [-0.1, -0.05) is 29.7 Å². The van der Waals surface area contributed by atoms with Crippen LogP contribution in [-0.4, -0.2) is 48.2 Å². The van der Waals surface area contributed by atoms with Gasteiger partial charge in [0.15, 0.2) is 0 Å². The summed E-state index contributed by atoms with van der Waals surface area (Å²) >= 11 is 5.87. The van der Waals surface area contributed by atoms with Gasteiger partial charge >= 0.3 is 6.09 Å². The Morgan fingerprint density at radius 2 is 2.00 bits per heavy atom. The zero-order valence-corrected chi connectivity index (χ0v) is 17.3. The Morgan fingerprint density at radius 1 is 1.30 bits per heavy atom. The summed E-state index contributed by atoms with van der Waals surface area (Å²) in [5.74, 6) is 2.63. The SMILES string of the molecule is C#Cc1cnc(C(=O)NCc2ccc(Cl)cc2)cc1OC1CCN(C(=O)OC)CC1. The molecule has 0 bridgehead atoms. The Morgan fingerprint density at radius 3 is 2.63 bits per heavy atom. The molecular weight excluding hydrogens is 406 g/mol. The normalized spacial score (nSPS) is 14.0. The first-order valence-electron chi connectivity index (χ1n) is 9.49. The topological polar surface area (TPSA) is 80.8 Å². The minimum Gasteiger partial charge on any atom is -0.489 e. The number of hydrogen-bond acceptors (Lipinski definition) is 5. The predicted molar refractivity (Wildman–Crippen MR) is 112 cm³/mol. The number of likely N-dealkylation sites (tertiary alicyclic amines) is 1. The molecule has 0 aliphatic carbocycles. The van der Waals surface area contributed by atoms with Gasteiger partial charge < -0.3 is 19.7 Å². The number of nitrogens with zero attached hydrogens (tertiary/aromatic N) is 2. The molecule has 1 fully saturated rings. The van der Waals surface area contributed by atoms with Crippen LogP contribution in [0.1, 0.15) is 34.5 Å². The summed E-state index contributed by atoms with van der Waals surface area (Å²) < 4.78 is 10.8. The third kappa shape index (κ3) is 5.43. The lowest BCUT2D eigenvalue weighted by molar-refractivity contribution is 0.0786. The molecule has 0 unspecified atom stereocenters. The van der Waals surface area contributed by atoms with Crippen molar-refractivity contribution in [3.63, 3.8) is 0 Å². The van der Waals surface area contributed by atoms with E-state index < -0.39 is 0 Å². The Balaban J connectivity index is 1.63. The van der Waals surface area contributed by atoms with Gasteiger partial charge in [0.25, 0.3) is 5.91 Å². The largest absolute Gasteiger partial charge is 0.489 e. The fourth-order valence-corrected chi connectivity index (χ4v) is 3.23. The second-order valence-electron chi connectivity index (χ2n) is 6.79. The van der Waals surface area contributed by atoms with Crippen molar-refractivity contribution in [3.05, 3.63) is 58.4 Å². The molecule has 3 rings (SSSR count). The fourth-order valence-electron chi connectivity index (χ4n) is 3.11. The van der Waals surface area contributed by atoms with Crippen molar-refractivity contribution >= 4 is 23.6 Å². The summed E-state index contributed by atoms with van der Waals surface area (Å²) in [4.78, 5) is 29.9. The van der Waals surface area contributed by atoms with Gasteiger partial charge in [-0.3, -0.25) is 4.79 Å². The molecule has 30 heavy (non-hydrogen) atoms. The lowest BCUT2D eigenvalue weighted by Gasteiger charge is -2.31. The molecule has 2 aromatic rings. The highest BCUT2D eigenvalue weighted by molar-refractivity contribution is 6.30. The van der Waals surface area contributed by atoms with Gasteiger partial charge in [0.05, 0.1) is 12.7 Å². The van der Waals surface area contributed by atoms with E-state index in [0.717, 1.165) is 5.56 Å². The van der Waals surface area contributed by atoms with Crippen molar-refractivity contribution in [2.24, 2.45) is 0 Å². The van der Waals surface area contributed by atoms with E-state index in [4.69, 9.17) is 27.5 Å². The van der Waals surface area contributed by atoms with Gasteiger partial charge in [0, 0.05) is 49.8 Å². The third-order valence-electron chi connectivity index (χ3n) is 4.79. The Labute approximate surface area is 180 Å². The van der Waals surface area contributed by atoms with Crippen molar-refractivity contribution in [2.75, 3.05) is 20.2 Å². The maximum absolute atomic E-state index is 12.5. The Hall–Kier alpha value is -3.24. The van der Waals surface area contributed by atoms with Crippen LogP contribution in [0.15, 0.2) is 36.5 Å². The number of methoxy groups -OCH3 is 1. The Bertz CT molecular complexity index is 948. The van der Waals surface area contributed by atoms with Crippen molar-refractivity contribution in [1.29, 1.82) is 0 Å². The number of nitrogens with one attached hydrogen (secondary N) is 1. The molecular formula is C22H22ClN3O4. The van der Waals surface area contributed by atoms with Crippen LogP contribution in [0.4, 0.5) is 4.79 Å². The van der Waals surface area contributed by atoms with Gasteiger partial charge in [0.1, 0.15) is 17.5 Å². The smallest absolute Gasteiger partial charge is 0.409 e. The number of amides is 2. The highest BCUT2D eigenvalue weighted by Crippen LogP contribution is 2.23. The van der Waals surface area contributed by atoms with Crippen LogP contribution in [0.25, 0.3) is 0 Å². The highest BCUT2D eigenvalue weighted by atomic mass is 35.5. The average molecular weight is 428 g/mol. The number of terminal acetylenes is 1. The molecule has 8 heteroatoms. The molecule has 0 spiro atoms. The Kier molecular flexibility index (Phi) is 7.15. The van der Waals surface area contributed by atoms with Crippen molar-refractivity contribution in [3.8, 4) is 18.1 Å². The molecule has 1 aliphatic rings. The van der Waals surface area contributed by atoms with Crippen LogP contribution in [0.2, 0.25) is 5.02 Å². The number of rotatable bonds is 5. The summed E-state index contributed by atoms with van der Waals surface area (Å²) in [6, 6.07) is 8.76. The summed E-state index contributed by atoms with van der Waals surface area (Å²) in [6.07, 6.45) is 7.82. The van der Waals surface area contributed by atoms with Crippen LogP contribution >= 0.6 is 11.6 Å². The van der Waals surface area contributed by atoms with Gasteiger partial charge in [-0.25, -0.2) is 9.78 Å². The molecule has 1 aromatic carbocycles. The minimum atomic E-state index is -0.346. The monoisotopic (exact) mass is 427 g/mol. The van der Waals surface area contributed by atoms with E-state index in [0.29, 0.717) is 48.8 Å². The van der Waals surface area contributed by atoms with E-state index in [1.165, 1.54) is 13.3 Å². The molecule has 1 saturated heterocycles. The van der Waals surface area contributed by atoms with E-state index in [1.807, 2.05) is 12.1 Å². The predicted octanol–water partition coefficient (Wildman–Crippen LogP) is 3.26. The summed E-state index contributed by atoms with van der Waals surface area (Å²) in [7, 11) is 1.36. The second kappa shape index (κ2) is 9.99. The first-order chi connectivity index (χ1) is 14.5. The van der Waals surface area contributed by atoms with E-state index in [2.05, 4.69) is 16.2 Å². The van der Waals surface area contributed by atoms with E-state index in [-0.39, 0.29) is 23.8 Å². The molecule has 156 valence electrons. The van der Waals surface area contributed by atoms with Crippen LogP contribution < -0.4 is 10.1 Å². The minimum absolute atomic E-state index is 0.120. The number of ether oxygens (including phenoxy) is 2. The fraction of sp³-hybridized carbons (Fsp3) is 0.318. The number of carbonyl (C=O) groups is 2. The number of aromatic nitrogens is 1. The summed E-state index contributed by atoms with van der Waals surface area (Å²) in [5.41, 5.74) is 1.60. The van der Waals surface area contributed by atoms with Crippen LogP contribution in [0.5, 0.6) is 5.75 Å². The molecule has 2 amide bonds. The molecule has 0 radical (unpaired) electrons. The van der Waals surface area contributed by atoms with Crippen LogP contribution in [0.3, 0.4) is 0 Å². The highest BCUT2D eigenvalue weighted by Gasteiger charge is 2.25. The quantitative estimate of drug-likeness (QED) is 0.741. The average Bonchev–Trinajstić information content (AvgIpc) is 2.78. The van der Waals surface area contributed by atoms with Gasteiger partial charge in [-0.2, -0.15) is 0 Å². The van der Waals surface area contributed by atoms with E-state index >= 15 is 0 Å². The first kappa shape index (κ1) is 21.5. The number of halogens is 1. The van der Waals surface area contributed by atoms with E-state index in [9.17, 15) is 9.59 Å². The molecule has 1 aromatic heterocycles. The molecule has 7 nitrogen and oxygen atoms in total. The number of hydrogen-bond donors (Lipinski definition) is 1. The maximum atomic E-state index is 12.5. The van der Waals surface area contributed by atoms with Crippen molar-refractivity contribution in [2.45, 2.75) is 25.5 Å². The third-order valence-corrected chi connectivity index (χ3v) is 5.04. The molecule has 0 atom stereocenters. The zero-order valence-electron chi connectivity index (χ0n) is 16.6. The van der Waals surface area contributed by atoms with Crippen LogP contribution in [-0.2, 0) is 11.3 Å². The molecule has 1 aliphatic heterocycles.